The van der Waals surface area contributed by atoms with Crippen molar-refractivity contribution < 1.29 is 18.7 Å². The third-order valence-corrected chi connectivity index (χ3v) is 3.77. The molecule has 2 aromatic carbocycles. The molecule has 0 atom stereocenters. The summed E-state index contributed by atoms with van der Waals surface area (Å²) >= 11 is 0. The summed E-state index contributed by atoms with van der Waals surface area (Å²) < 4.78 is 18.5. The lowest BCUT2D eigenvalue weighted by molar-refractivity contribution is -0.124. The number of amides is 2. The molecule has 28 heavy (non-hydrogen) atoms. The molecule has 6 nitrogen and oxygen atoms in total. The van der Waals surface area contributed by atoms with E-state index < -0.39 is 0 Å². The van der Waals surface area contributed by atoms with E-state index in [9.17, 15) is 14.0 Å². The molecule has 0 aliphatic rings. The molecule has 0 unspecified atom stereocenters. The maximum absolute atomic E-state index is 12.8. The number of nitrogens with one attached hydrogen (secondary N) is 2. The Labute approximate surface area is 163 Å². The second-order valence-electron chi connectivity index (χ2n) is 6.09. The van der Waals surface area contributed by atoms with Gasteiger partial charge in [-0.15, -0.1) is 0 Å². The van der Waals surface area contributed by atoms with Gasteiger partial charge in [0, 0.05) is 24.1 Å². The van der Waals surface area contributed by atoms with Gasteiger partial charge < -0.3 is 10.1 Å². The molecular weight excluding hydrogens is 361 g/mol. The first-order valence-electron chi connectivity index (χ1n) is 9.17. The number of hydrogen-bond donors (Lipinski definition) is 2. The highest BCUT2D eigenvalue weighted by Crippen LogP contribution is 2.16. The minimum Gasteiger partial charge on any atom is -0.493 e. The van der Waals surface area contributed by atoms with Crippen molar-refractivity contribution in [3.05, 3.63) is 59.9 Å². The van der Waals surface area contributed by atoms with Crippen LogP contribution >= 0.6 is 0 Å². The van der Waals surface area contributed by atoms with E-state index in [0.717, 1.165) is 18.4 Å². The molecule has 2 rings (SSSR count). The number of para-hydroxylation sites is 1. The van der Waals surface area contributed by atoms with Gasteiger partial charge in [-0.2, -0.15) is 5.10 Å². The highest BCUT2D eigenvalue weighted by atomic mass is 19.1. The molecule has 0 heterocycles. The zero-order chi connectivity index (χ0) is 20.2. The van der Waals surface area contributed by atoms with Gasteiger partial charge >= 0.3 is 0 Å². The van der Waals surface area contributed by atoms with E-state index in [1.165, 1.54) is 30.5 Å². The molecule has 0 aliphatic heterocycles. The maximum atomic E-state index is 12.8. The third kappa shape index (κ3) is 7.57. The largest absolute Gasteiger partial charge is 0.493 e. The molecule has 0 spiro atoms. The summed E-state index contributed by atoms with van der Waals surface area (Å²) in [5.74, 6) is -0.393. The van der Waals surface area contributed by atoms with Gasteiger partial charge in [-0.1, -0.05) is 25.5 Å². The van der Waals surface area contributed by atoms with Crippen molar-refractivity contribution >= 4 is 23.7 Å². The Bertz CT molecular complexity index is 807. The predicted molar refractivity (Wildman–Crippen MR) is 107 cm³/mol. The number of unbranched alkanes of at least 4 members (excludes halogenated alkanes) is 1. The Hall–Kier alpha value is -3.22. The molecule has 7 heteroatoms. The van der Waals surface area contributed by atoms with Crippen molar-refractivity contribution in [2.24, 2.45) is 5.10 Å². The number of benzene rings is 2. The molecule has 2 amide bonds. The van der Waals surface area contributed by atoms with Gasteiger partial charge in [-0.25, -0.2) is 9.82 Å². The molecule has 148 valence electrons. The van der Waals surface area contributed by atoms with Crippen molar-refractivity contribution in [3.63, 3.8) is 0 Å². The van der Waals surface area contributed by atoms with Gasteiger partial charge in [0.1, 0.15) is 11.6 Å². The number of halogens is 1. The van der Waals surface area contributed by atoms with Crippen LogP contribution in [0.1, 0.15) is 38.2 Å². The van der Waals surface area contributed by atoms with Crippen molar-refractivity contribution in [1.29, 1.82) is 0 Å². The first kappa shape index (κ1) is 21.1. The summed E-state index contributed by atoms with van der Waals surface area (Å²) in [6.45, 7) is 2.71. The van der Waals surface area contributed by atoms with Crippen LogP contribution in [-0.2, 0) is 9.59 Å². The van der Waals surface area contributed by atoms with Crippen molar-refractivity contribution in [2.45, 2.75) is 32.6 Å². The number of ether oxygens (including phenoxy) is 1. The standard InChI is InChI=1S/C21H24FN3O3/c1-2-3-14-28-19-7-5-4-6-16(19)15-23-25-21(27)13-12-20(26)24-18-10-8-17(22)9-11-18/h4-11,15H,2-3,12-14H2,1H3,(H,24,26)(H,25,27). The molecule has 0 aliphatic carbocycles. The van der Waals surface area contributed by atoms with Crippen molar-refractivity contribution in [3.8, 4) is 5.75 Å². The van der Waals surface area contributed by atoms with E-state index in [-0.39, 0.29) is 30.5 Å². The topological polar surface area (TPSA) is 79.8 Å². The van der Waals surface area contributed by atoms with E-state index in [2.05, 4.69) is 22.8 Å². The van der Waals surface area contributed by atoms with Gasteiger partial charge in [0.25, 0.3) is 0 Å². The first-order valence-corrected chi connectivity index (χ1v) is 9.17. The number of rotatable bonds is 10. The zero-order valence-corrected chi connectivity index (χ0v) is 15.8. The second kappa shape index (κ2) is 11.5. The smallest absolute Gasteiger partial charge is 0.240 e. The van der Waals surface area contributed by atoms with Gasteiger partial charge in [-0.05, 0) is 42.8 Å². The van der Waals surface area contributed by atoms with Gasteiger partial charge in [0.15, 0.2) is 0 Å². The number of anilines is 1. The van der Waals surface area contributed by atoms with Crippen LogP contribution in [0.2, 0.25) is 0 Å². The third-order valence-electron chi connectivity index (χ3n) is 3.77. The Balaban J connectivity index is 1.76. The Kier molecular flexibility index (Phi) is 8.65. The molecule has 0 radical (unpaired) electrons. The number of hydrogen-bond acceptors (Lipinski definition) is 4. The normalized spacial score (nSPS) is 10.6. The van der Waals surface area contributed by atoms with Crippen LogP contribution in [-0.4, -0.2) is 24.6 Å². The fourth-order valence-electron chi connectivity index (χ4n) is 2.26. The number of hydrazone groups is 1. The fraction of sp³-hybridized carbons (Fsp3) is 0.286. The van der Waals surface area contributed by atoms with E-state index in [0.29, 0.717) is 18.0 Å². The minimum atomic E-state index is -0.382. The summed E-state index contributed by atoms with van der Waals surface area (Å²) in [6, 6.07) is 12.8. The van der Waals surface area contributed by atoms with Crippen molar-refractivity contribution in [2.75, 3.05) is 11.9 Å². The summed E-state index contributed by atoms with van der Waals surface area (Å²) in [5, 5.41) is 6.52. The molecule has 0 fully saturated rings. The molecule has 0 aromatic heterocycles. The monoisotopic (exact) mass is 385 g/mol. The minimum absolute atomic E-state index is 0.00452. The molecular formula is C21H24FN3O3. The molecule has 0 bridgehead atoms. The molecule has 2 aromatic rings. The Morgan fingerprint density at radius 3 is 2.54 bits per heavy atom. The number of carbonyl (C=O) groups excluding carboxylic acids is 2. The van der Waals surface area contributed by atoms with E-state index in [4.69, 9.17) is 4.74 Å². The molecule has 0 saturated heterocycles. The van der Waals surface area contributed by atoms with Gasteiger partial charge in [-0.3, -0.25) is 9.59 Å². The zero-order valence-electron chi connectivity index (χ0n) is 15.8. The Morgan fingerprint density at radius 2 is 1.79 bits per heavy atom. The van der Waals surface area contributed by atoms with Crippen LogP contribution in [0.4, 0.5) is 10.1 Å². The summed E-state index contributed by atoms with van der Waals surface area (Å²) in [5.41, 5.74) is 3.63. The predicted octanol–water partition coefficient (Wildman–Crippen LogP) is 3.87. The highest BCUT2D eigenvalue weighted by molar-refractivity contribution is 5.93. The van der Waals surface area contributed by atoms with E-state index in [1.54, 1.807) is 0 Å². The first-order chi connectivity index (χ1) is 13.6. The molecule has 2 N–H and O–H groups in total. The van der Waals surface area contributed by atoms with E-state index >= 15 is 0 Å². The lowest BCUT2D eigenvalue weighted by Gasteiger charge is -2.08. The average molecular weight is 385 g/mol. The lowest BCUT2D eigenvalue weighted by atomic mass is 10.2. The molecule has 0 saturated carbocycles. The average Bonchev–Trinajstić information content (AvgIpc) is 2.69. The van der Waals surface area contributed by atoms with E-state index in [1.807, 2.05) is 24.3 Å². The maximum Gasteiger partial charge on any atom is 0.240 e. The number of carbonyl (C=O) groups is 2. The summed E-state index contributed by atoms with van der Waals surface area (Å²) in [6.07, 6.45) is 3.50. The van der Waals surface area contributed by atoms with Gasteiger partial charge in [0.05, 0.1) is 12.8 Å². The SMILES string of the molecule is CCCCOc1ccccc1C=NNC(=O)CCC(=O)Nc1ccc(F)cc1. The number of nitrogens with zero attached hydrogens (tertiary/aromatic N) is 1. The highest BCUT2D eigenvalue weighted by Gasteiger charge is 2.07. The quantitative estimate of drug-likeness (QED) is 0.370. The van der Waals surface area contributed by atoms with Gasteiger partial charge in [0.2, 0.25) is 11.8 Å². The fourth-order valence-corrected chi connectivity index (χ4v) is 2.26. The van der Waals surface area contributed by atoms with Crippen LogP contribution < -0.4 is 15.5 Å². The van der Waals surface area contributed by atoms with Crippen LogP contribution in [0.3, 0.4) is 0 Å². The van der Waals surface area contributed by atoms with Crippen LogP contribution in [0.15, 0.2) is 53.6 Å². The summed E-state index contributed by atoms with van der Waals surface area (Å²) in [4.78, 5) is 23.7. The van der Waals surface area contributed by atoms with Crippen LogP contribution in [0, 0.1) is 5.82 Å². The summed E-state index contributed by atoms with van der Waals surface area (Å²) in [7, 11) is 0. The van der Waals surface area contributed by atoms with Crippen molar-refractivity contribution in [1.82, 2.24) is 5.43 Å². The Morgan fingerprint density at radius 1 is 1.07 bits per heavy atom. The van der Waals surface area contributed by atoms with Crippen LogP contribution in [0.5, 0.6) is 5.75 Å². The second-order valence-corrected chi connectivity index (χ2v) is 6.09. The van der Waals surface area contributed by atoms with Crippen LogP contribution in [0.25, 0.3) is 0 Å². The lowest BCUT2D eigenvalue weighted by Crippen LogP contribution is -2.20.